The van der Waals surface area contributed by atoms with E-state index in [0.717, 1.165) is 33.6 Å². The topological polar surface area (TPSA) is 38.3 Å². The van der Waals surface area contributed by atoms with Crippen LogP contribution >= 0.6 is 0 Å². The molecule has 1 atom stereocenters. The van der Waals surface area contributed by atoms with E-state index in [-0.39, 0.29) is 18.6 Å². The smallest absolute Gasteiger partial charge is 0.258 e. The Morgan fingerprint density at radius 1 is 0.889 bits per heavy atom. The normalized spacial score (nSPS) is 11.7. The van der Waals surface area contributed by atoms with Gasteiger partial charge >= 0.3 is 0 Å². The number of nitrogens with one attached hydrogen (secondary N) is 1. The molecule has 3 heteroatoms. The molecular weight excluding hydrogens is 334 g/mol. The third kappa shape index (κ3) is 4.98. The Hall–Kier alpha value is -3.07. The zero-order chi connectivity index (χ0) is 19.2. The van der Waals surface area contributed by atoms with Crippen LogP contribution in [0, 0.1) is 20.8 Å². The van der Waals surface area contributed by atoms with Gasteiger partial charge in [0.15, 0.2) is 6.61 Å². The Morgan fingerprint density at radius 2 is 1.52 bits per heavy atom. The number of hydrogen-bond donors (Lipinski definition) is 1. The molecule has 0 spiro atoms. The van der Waals surface area contributed by atoms with Crippen LogP contribution in [0.25, 0.3) is 0 Å². The van der Waals surface area contributed by atoms with Crippen molar-refractivity contribution in [3.8, 4) is 5.75 Å². The molecule has 0 bridgehead atoms. The molecule has 0 radical (unpaired) electrons. The van der Waals surface area contributed by atoms with Crippen LogP contribution in [0.4, 0.5) is 0 Å². The van der Waals surface area contributed by atoms with Crippen LogP contribution in [-0.2, 0) is 4.79 Å². The summed E-state index contributed by atoms with van der Waals surface area (Å²) in [5.41, 5.74) is 5.51. The molecule has 27 heavy (non-hydrogen) atoms. The summed E-state index contributed by atoms with van der Waals surface area (Å²) in [5.74, 6) is 0.570. The molecule has 0 aliphatic rings. The fourth-order valence-corrected chi connectivity index (χ4v) is 3.26. The maximum atomic E-state index is 12.6. The molecule has 3 rings (SSSR count). The zero-order valence-corrected chi connectivity index (χ0v) is 16.0. The highest BCUT2D eigenvalue weighted by molar-refractivity contribution is 5.78. The summed E-state index contributed by atoms with van der Waals surface area (Å²) in [6.07, 6.45) is 0. The summed E-state index contributed by atoms with van der Waals surface area (Å²) in [6.45, 7) is 6.08. The maximum absolute atomic E-state index is 12.6. The van der Waals surface area contributed by atoms with Gasteiger partial charge in [-0.1, -0.05) is 60.7 Å². The second-order valence-corrected chi connectivity index (χ2v) is 6.88. The van der Waals surface area contributed by atoms with Crippen molar-refractivity contribution < 1.29 is 9.53 Å². The monoisotopic (exact) mass is 359 g/mol. The summed E-state index contributed by atoms with van der Waals surface area (Å²) in [4.78, 5) is 12.6. The molecule has 3 aromatic carbocycles. The van der Waals surface area contributed by atoms with E-state index in [1.165, 1.54) is 0 Å². The van der Waals surface area contributed by atoms with Crippen molar-refractivity contribution in [1.82, 2.24) is 5.32 Å². The molecule has 0 unspecified atom stereocenters. The number of ether oxygens (including phenoxy) is 1. The lowest BCUT2D eigenvalue weighted by atomic mass is 9.95. The molecule has 0 heterocycles. The summed E-state index contributed by atoms with van der Waals surface area (Å²) in [6, 6.07) is 23.9. The molecule has 3 aromatic rings. The van der Waals surface area contributed by atoms with Crippen molar-refractivity contribution >= 4 is 5.91 Å². The van der Waals surface area contributed by atoms with Crippen molar-refractivity contribution in [3.63, 3.8) is 0 Å². The van der Waals surface area contributed by atoms with Crippen molar-refractivity contribution in [3.05, 3.63) is 101 Å². The number of carbonyl (C=O) groups is 1. The second kappa shape index (κ2) is 8.54. The van der Waals surface area contributed by atoms with Crippen LogP contribution in [0.2, 0.25) is 0 Å². The van der Waals surface area contributed by atoms with E-state index in [1.807, 2.05) is 68.4 Å². The van der Waals surface area contributed by atoms with Crippen LogP contribution in [0.1, 0.15) is 33.9 Å². The molecule has 1 amide bonds. The molecule has 0 saturated heterocycles. The number of carbonyl (C=O) groups excluding carboxylic acids is 1. The Labute approximate surface area is 161 Å². The van der Waals surface area contributed by atoms with Gasteiger partial charge in [-0.05, 0) is 60.7 Å². The van der Waals surface area contributed by atoms with Gasteiger partial charge in [0, 0.05) is 0 Å². The Morgan fingerprint density at radius 3 is 2.19 bits per heavy atom. The lowest BCUT2D eigenvalue weighted by Gasteiger charge is -2.22. The summed E-state index contributed by atoms with van der Waals surface area (Å²) in [5, 5.41) is 3.13. The van der Waals surface area contributed by atoms with E-state index in [0.29, 0.717) is 0 Å². The lowest BCUT2D eigenvalue weighted by molar-refractivity contribution is -0.123. The third-order valence-electron chi connectivity index (χ3n) is 4.50. The average molecular weight is 359 g/mol. The van der Waals surface area contributed by atoms with Crippen LogP contribution in [0.3, 0.4) is 0 Å². The molecule has 1 N–H and O–H groups in total. The predicted molar refractivity (Wildman–Crippen MR) is 109 cm³/mol. The highest BCUT2D eigenvalue weighted by atomic mass is 16.5. The van der Waals surface area contributed by atoms with E-state index in [1.54, 1.807) is 0 Å². The van der Waals surface area contributed by atoms with Gasteiger partial charge in [0.1, 0.15) is 5.75 Å². The van der Waals surface area contributed by atoms with E-state index in [9.17, 15) is 4.79 Å². The molecule has 3 nitrogen and oxygen atoms in total. The summed E-state index contributed by atoms with van der Waals surface area (Å²) in [7, 11) is 0. The minimum absolute atomic E-state index is 0.0158. The maximum Gasteiger partial charge on any atom is 0.258 e. The highest BCUT2D eigenvalue weighted by Crippen LogP contribution is 2.25. The van der Waals surface area contributed by atoms with Gasteiger partial charge in [0.25, 0.3) is 5.91 Å². The molecular formula is C24H25NO2. The highest BCUT2D eigenvalue weighted by Gasteiger charge is 2.18. The van der Waals surface area contributed by atoms with Gasteiger partial charge in [-0.15, -0.1) is 0 Å². The number of aryl methyl sites for hydroxylation is 3. The first kappa shape index (κ1) is 18.7. The Balaban J connectivity index is 1.76. The van der Waals surface area contributed by atoms with E-state index >= 15 is 0 Å². The van der Waals surface area contributed by atoms with Crippen LogP contribution in [-0.4, -0.2) is 12.5 Å². The van der Waals surface area contributed by atoms with Crippen molar-refractivity contribution in [2.75, 3.05) is 6.61 Å². The van der Waals surface area contributed by atoms with Gasteiger partial charge in [0.2, 0.25) is 0 Å². The number of benzene rings is 3. The largest absolute Gasteiger partial charge is 0.484 e. The molecule has 0 aliphatic heterocycles. The van der Waals surface area contributed by atoms with Gasteiger partial charge < -0.3 is 10.1 Å². The Kier molecular flexibility index (Phi) is 5.92. The molecule has 0 aliphatic carbocycles. The first-order chi connectivity index (χ1) is 13.0. The van der Waals surface area contributed by atoms with E-state index in [4.69, 9.17) is 4.74 Å². The number of amides is 1. The summed E-state index contributed by atoms with van der Waals surface area (Å²) < 4.78 is 5.72. The standard InChI is InChI=1S/C24H25NO2/c1-17-13-18(2)15-21(14-17)27-16-23(26)25-24(20-10-5-4-6-11-20)22-12-8-7-9-19(22)3/h4-15,24H,16H2,1-3H3,(H,25,26)/t24-/m0/s1. The number of hydrogen-bond acceptors (Lipinski definition) is 2. The fourth-order valence-electron chi connectivity index (χ4n) is 3.26. The zero-order valence-electron chi connectivity index (χ0n) is 16.0. The molecule has 0 aromatic heterocycles. The molecule has 0 fully saturated rings. The van der Waals surface area contributed by atoms with E-state index < -0.39 is 0 Å². The van der Waals surface area contributed by atoms with Gasteiger partial charge in [-0.3, -0.25) is 4.79 Å². The lowest BCUT2D eigenvalue weighted by Crippen LogP contribution is -2.33. The predicted octanol–water partition coefficient (Wildman–Crippen LogP) is 4.90. The van der Waals surface area contributed by atoms with Crippen molar-refractivity contribution in [2.24, 2.45) is 0 Å². The van der Waals surface area contributed by atoms with Gasteiger partial charge in [-0.25, -0.2) is 0 Å². The molecule has 138 valence electrons. The van der Waals surface area contributed by atoms with Crippen LogP contribution < -0.4 is 10.1 Å². The average Bonchev–Trinajstić information content (AvgIpc) is 2.65. The summed E-state index contributed by atoms with van der Waals surface area (Å²) >= 11 is 0. The van der Waals surface area contributed by atoms with Crippen molar-refractivity contribution in [2.45, 2.75) is 26.8 Å². The number of rotatable bonds is 6. The fraction of sp³-hybridized carbons (Fsp3) is 0.208. The SMILES string of the molecule is Cc1cc(C)cc(OCC(=O)N[C@@H](c2ccccc2)c2ccccc2C)c1. The van der Waals surface area contributed by atoms with E-state index in [2.05, 4.69) is 30.4 Å². The van der Waals surface area contributed by atoms with Gasteiger partial charge in [0.05, 0.1) is 6.04 Å². The van der Waals surface area contributed by atoms with Crippen LogP contribution in [0.15, 0.2) is 72.8 Å². The minimum Gasteiger partial charge on any atom is -0.484 e. The quantitative estimate of drug-likeness (QED) is 0.680. The van der Waals surface area contributed by atoms with Crippen molar-refractivity contribution in [1.29, 1.82) is 0 Å². The van der Waals surface area contributed by atoms with Crippen LogP contribution in [0.5, 0.6) is 5.75 Å². The van der Waals surface area contributed by atoms with Gasteiger partial charge in [-0.2, -0.15) is 0 Å². The molecule has 0 saturated carbocycles. The third-order valence-corrected chi connectivity index (χ3v) is 4.50. The second-order valence-electron chi connectivity index (χ2n) is 6.88. The Bertz CT molecular complexity index is 898. The first-order valence-corrected chi connectivity index (χ1v) is 9.14. The first-order valence-electron chi connectivity index (χ1n) is 9.14. The minimum atomic E-state index is -0.206.